The van der Waals surface area contributed by atoms with Gasteiger partial charge in [-0.2, -0.15) is 0 Å². The Morgan fingerprint density at radius 3 is 2.63 bits per heavy atom. The average Bonchev–Trinajstić information content (AvgIpc) is 3.08. The minimum absolute atomic E-state index is 0.0950. The topological polar surface area (TPSA) is 51.5 Å². The van der Waals surface area contributed by atoms with E-state index in [2.05, 4.69) is 36.5 Å². The first-order valence-electron chi connectivity index (χ1n) is 9.16. The lowest BCUT2D eigenvalue weighted by Crippen LogP contribution is -2.21. The zero-order valence-electron chi connectivity index (χ0n) is 16.3. The predicted molar refractivity (Wildman–Crippen MR) is 110 cm³/mol. The summed E-state index contributed by atoms with van der Waals surface area (Å²) in [6.07, 6.45) is 4.29. The number of aryl methyl sites for hydroxylation is 1. The SMILES string of the molecule is CCCNC(=O)/C=C(\C)c1cc2c(-c3ccc(C)cc3)coc2cc1OC. The third-order valence-corrected chi connectivity index (χ3v) is 4.58. The van der Waals surface area contributed by atoms with E-state index < -0.39 is 0 Å². The highest BCUT2D eigenvalue weighted by Crippen LogP contribution is 2.37. The Morgan fingerprint density at radius 1 is 1.22 bits per heavy atom. The van der Waals surface area contributed by atoms with Gasteiger partial charge in [-0.3, -0.25) is 4.79 Å². The molecule has 1 N–H and O–H groups in total. The van der Waals surface area contributed by atoms with Gasteiger partial charge < -0.3 is 14.5 Å². The molecule has 2 aromatic carbocycles. The highest BCUT2D eigenvalue weighted by molar-refractivity contribution is 6.00. The van der Waals surface area contributed by atoms with Crippen LogP contribution in [0.3, 0.4) is 0 Å². The smallest absolute Gasteiger partial charge is 0.244 e. The Morgan fingerprint density at radius 2 is 1.96 bits per heavy atom. The molecule has 1 amide bonds. The summed E-state index contributed by atoms with van der Waals surface area (Å²) in [7, 11) is 1.62. The van der Waals surface area contributed by atoms with Crippen LogP contribution >= 0.6 is 0 Å². The molecular weight excluding hydrogens is 338 g/mol. The molecule has 0 aliphatic heterocycles. The van der Waals surface area contributed by atoms with E-state index >= 15 is 0 Å². The number of benzene rings is 2. The van der Waals surface area contributed by atoms with Crippen molar-refractivity contribution in [2.24, 2.45) is 0 Å². The molecule has 140 valence electrons. The van der Waals surface area contributed by atoms with Gasteiger partial charge >= 0.3 is 0 Å². The molecule has 0 spiro atoms. The molecule has 0 atom stereocenters. The summed E-state index contributed by atoms with van der Waals surface area (Å²) in [6, 6.07) is 12.3. The van der Waals surface area contributed by atoms with Crippen LogP contribution in [0.1, 0.15) is 31.4 Å². The van der Waals surface area contributed by atoms with Crippen LogP contribution in [0.5, 0.6) is 5.75 Å². The van der Waals surface area contributed by atoms with E-state index in [1.54, 1.807) is 19.4 Å². The number of carbonyl (C=O) groups excluding carboxylic acids is 1. The second-order valence-electron chi connectivity index (χ2n) is 6.68. The van der Waals surface area contributed by atoms with E-state index in [4.69, 9.17) is 9.15 Å². The number of methoxy groups -OCH3 is 1. The van der Waals surface area contributed by atoms with Gasteiger partial charge in [0, 0.05) is 35.2 Å². The summed E-state index contributed by atoms with van der Waals surface area (Å²) in [6.45, 7) is 6.68. The third kappa shape index (κ3) is 4.05. The molecule has 4 heteroatoms. The lowest BCUT2D eigenvalue weighted by atomic mass is 9.99. The maximum atomic E-state index is 12.1. The number of allylic oxidation sites excluding steroid dienone is 1. The lowest BCUT2D eigenvalue weighted by molar-refractivity contribution is -0.116. The molecule has 0 aliphatic rings. The number of rotatable bonds is 6. The van der Waals surface area contributed by atoms with Crippen molar-refractivity contribution in [1.82, 2.24) is 5.32 Å². The van der Waals surface area contributed by atoms with Gasteiger partial charge in [0.15, 0.2) is 0 Å². The Hall–Kier alpha value is -3.01. The van der Waals surface area contributed by atoms with Crippen LogP contribution in [0, 0.1) is 6.92 Å². The number of hydrogen-bond donors (Lipinski definition) is 1. The van der Waals surface area contributed by atoms with Crippen LogP contribution in [-0.2, 0) is 4.79 Å². The molecule has 4 nitrogen and oxygen atoms in total. The molecule has 3 aromatic rings. The number of nitrogens with one attached hydrogen (secondary N) is 1. The van der Waals surface area contributed by atoms with Gasteiger partial charge in [-0.05, 0) is 37.5 Å². The van der Waals surface area contributed by atoms with Crippen molar-refractivity contribution in [2.75, 3.05) is 13.7 Å². The van der Waals surface area contributed by atoms with Crippen LogP contribution in [0.15, 0.2) is 53.2 Å². The van der Waals surface area contributed by atoms with Gasteiger partial charge in [0.05, 0.1) is 13.4 Å². The van der Waals surface area contributed by atoms with Gasteiger partial charge in [-0.15, -0.1) is 0 Å². The Labute approximate surface area is 159 Å². The molecule has 0 fully saturated rings. The highest BCUT2D eigenvalue weighted by Gasteiger charge is 2.14. The standard InChI is InChI=1S/C23H25NO3/c1-5-10-24-23(25)11-16(3)18-12-19-20(17-8-6-15(2)7-9-17)14-27-22(19)13-21(18)26-4/h6-9,11-14H,5,10H2,1-4H3,(H,24,25)/b16-11+. The van der Waals surface area contributed by atoms with Gasteiger partial charge in [0.2, 0.25) is 5.91 Å². The lowest BCUT2D eigenvalue weighted by Gasteiger charge is -2.10. The van der Waals surface area contributed by atoms with Crippen molar-refractivity contribution in [3.63, 3.8) is 0 Å². The molecule has 0 radical (unpaired) electrons. The van der Waals surface area contributed by atoms with Crippen molar-refractivity contribution in [1.29, 1.82) is 0 Å². The maximum absolute atomic E-state index is 12.1. The van der Waals surface area contributed by atoms with Gasteiger partial charge in [-0.25, -0.2) is 0 Å². The minimum atomic E-state index is -0.0950. The highest BCUT2D eigenvalue weighted by atomic mass is 16.5. The monoisotopic (exact) mass is 363 g/mol. The van der Waals surface area contributed by atoms with E-state index in [0.29, 0.717) is 12.3 Å². The Bertz CT molecular complexity index is 981. The molecule has 0 saturated heterocycles. The second kappa shape index (κ2) is 8.12. The van der Waals surface area contributed by atoms with Crippen LogP contribution in [0.2, 0.25) is 0 Å². The van der Waals surface area contributed by atoms with Crippen molar-refractivity contribution < 1.29 is 13.9 Å². The fourth-order valence-electron chi connectivity index (χ4n) is 3.06. The largest absolute Gasteiger partial charge is 0.496 e. The molecule has 0 unspecified atom stereocenters. The molecule has 3 rings (SSSR count). The summed E-state index contributed by atoms with van der Waals surface area (Å²) in [5.41, 5.74) is 5.82. The van der Waals surface area contributed by atoms with Gasteiger partial charge in [-0.1, -0.05) is 36.8 Å². The van der Waals surface area contributed by atoms with E-state index in [1.165, 1.54) is 5.56 Å². The number of carbonyl (C=O) groups is 1. The van der Waals surface area contributed by atoms with Crippen LogP contribution in [-0.4, -0.2) is 19.6 Å². The van der Waals surface area contributed by atoms with E-state index in [9.17, 15) is 4.79 Å². The predicted octanol–water partition coefficient (Wildman–Crippen LogP) is 5.35. The summed E-state index contributed by atoms with van der Waals surface area (Å²) in [5, 5.41) is 3.87. The van der Waals surface area contributed by atoms with Crippen LogP contribution in [0.25, 0.3) is 27.7 Å². The van der Waals surface area contributed by atoms with E-state index in [0.717, 1.165) is 39.7 Å². The summed E-state index contributed by atoms with van der Waals surface area (Å²) in [5.74, 6) is 0.590. The van der Waals surface area contributed by atoms with Crippen molar-refractivity contribution in [3.05, 3.63) is 59.9 Å². The number of ether oxygens (including phenoxy) is 1. The first kappa shape index (κ1) is 18.8. The molecular formula is C23H25NO3. The molecule has 27 heavy (non-hydrogen) atoms. The number of fused-ring (bicyclic) bond motifs is 1. The summed E-state index contributed by atoms with van der Waals surface area (Å²) in [4.78, 5) is 12.1. The number of amides is 1. The van der Waals surface area contributed by atoms with E-state index in [-0.39, 0.29) is 5.91 Å². The van der Waals surface area contributed by atoms with Crippen LogP contribution in [0.4, 0.5) is 0 Å². The molecule has 0 bridgehead atoms. The molecule has 0 aliphatic carbocycles. The quantitative estimate of drug-likeness (QED) is 0.601. The molecule has 0 saturated carbocycles. The normalized spacial score (nSPS) is 11.6. The Kier molecular flexibility index (Phi) is 5.65. The number of hydrogen-bond acceptors (Lipinski definition) is 3. The summed E-state index contributed by atoms with van der Waals surface area (Å²) < 4.78 is 11.3. The minimum Gasteiger partial charge on any atom is -0.496 e. The zero-order valence-corrected chi connectivity index (χ0v) is 16.3. The van der Waals surface area contributed by atoms with Gasteiger partial charge in [0.25, 0.3) is 0 Å². The third-order valence-electron chi connectivity index (χ3n) is 4.58. The summed E-state index contributed by atoms with van der Waals surface area (Å²) >= 11 is 0. The van der Waals surface area contributed by atoms with E-state index in [1.807, 2.05) is 26.0 Å². The van der Waals surface area contributed by atoms with Crippen molar-refractivity contribution >= 4 is 22.4 Å². The number of furan rings is 1. The molecule has 1 heterocycles. The first-order chi connectivity index (χ1) is 13.0. The van der Waals surface area contributed by atoms with Crippen molar-refractivity contribution in [3.8, 4) is 16.9 Å². The molecule has 1 aromatic heterocycles. The fourth-order valence-corrected chi connectivity index (χ4v) is 3.06. The van der Waals surface area contributed by atoms with Gasteiger partial charge in [0.1, 0.15) is 11.3 Å². The fraction of sp³-hybridized carbons (Fsp3) is 0.261. The Balaban J connectivity index is 2.07. The maximum Gasteiger partial charge on any atom is 0.244 e. The average molecular weight is 363 g/mol. The second-order valence-corrected chi connectivity index (χ2v) is 6.68. The van der Waals surface area contributed by atoms with Crippen molar-refractivity contribution in [2.45, 2.75) is 27.2 Å². The van der Waals surface area contributed by atoms with Crippen LogP contribution < -0.4 is 10.1 Å². The zero-order chi connectivity index (χ0) is 19.4. The first-order valence-corrected chi connectivity index (χ1v) is 9.16.